The van der Waals surface area contributed by atoms with Crippen LogP contribution in [0.2, 0.25) is 5.02 Å². The first kappa shape index (κ1) is 18.1. The highest BCUT2D eigenvalue weighted by atomic mass is 35.5. The second-order valence-corrected chi connectivity index (χ2v) is 6.15. The Kier molecular flexibility index (Phi) is 4.31. The molecule has 0 spiro atoms. The van der Waals surface area contributed by atoms with Crippen molar-refractivity contribution in [2.75, 3.05) is 0 Å². The lowest BCUT2D eigenvalue weighted by Crippen LogP contribution is -2.33. The molecule has 1 aromatic carbocycles. The van der Waals surface area contributed by atoms with Gasteiger partial charge in [0.2, 0.25) is 0 Å². The van der Waals surface area contributed by atoms with Gasteiger partial charge >= 0.3 is 12.1 Å². The zero-order valence-electron chi connectivity index (χ0n) is 13.9. The first-order valence-corrected chi connectivity index (χ1v) is 8.28. The molecule has 142 valence electrons. The Bertz CT molecular complexity index is 1180. The van der Waals surface area contributed by atoms with Gasteiger partial charge in [-0.15, -0.1) is 0 Å². The maximum atomic E-state index is 12.5. The lowest BCUT2D eigenvalue weighted by atomic mass is 10.1. The third-order valence-corrected chi connectivity index (χ3v) is 4.28. The van der Waals surface area contributed by atoms with Crippen molar-refractivity contribution in [3.63, 3.8) is 0 Å². The molecule has 0 N–H and O–H groups in total. The standard InChI is InChI=1S/C18H10ClF3N4O2/c19-14-3-1-2-4-15(14)25-10-11(9-24-25)12-5-7-23-16-13(12)6-8-26(16)28-17(27)18(20,21)22/h1-10H. The van der Waals surface area contributed by atoms with E-state index in [4.69, 9.17) is 11.6 Å². The molecular weight excluding hydrogens is 397 g/mol. The van der Waals surface area contributed by atoms with Crippen molar-refractivity contribution in [2.24, 2.45) is 0 Å². The minimum atomic E-state index is -5.11. The largest absolute Gasteiger partial charge is 0.493 e. The number of fused-ring (bicyclic) bond motifs is 1. The van der Waals surface area contributed by atoms with Crippen LogP contribution < -0.4 is 4.84 Å². The summed E-state index contributed by atoms with van der Waals surface area (Å²) in [6.07, 6.45) is 0.822. The van der Waals surface area contributed by atoms with E-state index >= 15 is 0 Å². The number of aromatic nitrogens is 4. The molecule has 0 aliphatic rings. The molecule has 28 heavy (non-hydrogen) atoms. The van der Waals surface area contributed by atoms with Gasteiger partial charge in [-0.2, -0.15) is 23.0 Å². The van der Waals surface area contributed by atoms with Crippen LogP contribution in [0.1, 0.15) is 0 Å². The minimum Gasteiger partial charge on any atom is -0.326 e. The van der Waals surface area contributed by atoms with Gasteiger partial charge in [0, 0.05) is 29.5 Å². The second-order valence-electron chi connectivity index (χ2n) is 5.74. The van der Waals surface area contributed by atoms with Crippen molar-refractivity contribution in [3.05, 3.63) is 66.2 Å². The number of rotatable bonds is 3. The summed E-state index contributed by atoms with van der Waals surface area (Å²) in [6, 6.07) is 10.3. The molecule has 0 amide bonds. The molecule has 0 saturated heterocycles. The molecule has 0 unspecified atom stereocenters. The molecule has 4 rings (SSSR count). The zero-order chi connectivity index (χ0) is 19.9. The van der Waals surface area contributed by atoms with Gasteiger partial charge in [-0.1, -0.05) is 23.7 Å². The van der Waals surface area contributed by atoms with Gasteiger partial charge in [-0.25, -0.2) is 14.5 Å². The van der Waals surface area contributed by atoms with Crippen LogP contribution in [0.15, 0.2) is 61.2 Å². The number of nitrogens with zero attached hydrogens (tertiary/aromatic N) is 4. The average Bonchev–Trinajstić information content (AvgIpc) is 3.29. The fourth-order valence-corrected chi connectivity index (χ4v) is 2.93. The Morgan fingerprint density at radius 3 is 2.68 bits per heavy atom. The fraction of sp³-hybridized carbons (Fsp3) is 0.0556. The predicted molar refractivity (Wildman–Crippen MR) is 94.9 cm³/mol. The Hall–Kier alpha value is -3.33. The summed E-state index contributed by atoms with van der Waals surface area (Å²) >= 11 is 6.18. The van der Waals surface area contributed by atoms with Crippen LogP contribution in [0.5, 0.6) is 0 Å². The van der Waals surface area contributed by atoms with Crippen LogP contribution in [-0.4, -0.2) is 31.6 Å². The van der Waals surface area contributed by atoms with E-state index in [2.05, 4.69) is 14.9 Å². The molecule has 3 heterocycles. The van der Waals surface area contributed by atoms with Crippen LogP contribution in [0.3, 0.4) is 0 Å². The highest BCUT2D eigenvalue weighted by molar-refractivity contribution is 6.32. The average molecular weight is 407 g/mol. The summed E-state index contributed by atoms with van der Waals surface area (Å²) in [5, 5.41) is 5.30. The van der Waals surface area contributed by atoms with E-state index in [1.807, 2.05) is 6.07 Å². The number of carbonyl (C=O) groups excluding carboxylic acids is 1. The van der Waals surface area contributed by atoms with Crippen molar-refractivity contribution in [1.82, 2.24) is 19.5 Å². The Labute approximate surface area is 160 Å². The van der Waals surface area contributed by atoms with Gasteiger partial charge < -0.3 is 4.84 Å². The summed E-state index contributed by atoms with van der Waals surface area (Å²) < 4.78 is 39.6. The van der Waals surface area contributed by atoms with Crippen LogP contribution in [-0.2, 0) is 4.79 Å². The first-order chi connectivity index (χ1) is 13.3. The van der Waals surface area contributed by atoms with Crippen molar-refractivity contribution in [2.45, 2.75) is 6.18 Å². The van der Waals surface area contributed by atoms with Crippen LogP contribution in [0, 0.1) is 0 Å². The summed E-state index contributed by atoms with van der Waals surface area (Å²) in [5.41, 5.74) is 2.09. The van der Waals surface area contributed by atoms with Crippen molar-refractivity contribution in [1.29, 1.82) is 0 Å². The maximum Gasteiger partial charge on any atom is 0.493 e. The minimum absolute atomic E-state index is 0.0700. The molecule has 6 nitrogen and oxygen atoms in total. The summed E-state index contributed by atoms with van der Waals surface area (Å²) in [6.45, 7) is 0. The number of carbonyl (C=O) groups is 1. The fourth-order valence-electron chi connectivity index (χ4n) is 2.71. The van der Waals surface area contributed by atoms with E-state index in [1.54, 1.807) is 41.3 Å². The van der Waals surface area contributed by atoms with Gasteiger partial charge in [0.05, 0.1) is 16.9 Å². The van der Waals surface area contributed by atoms with Gasteiger partial charge in [-0.3, -0.25) is 0 Å². The van der Waals surface area contributed by atoms with Gasteiger partial charge in [0.1, 0.15) is 0 Å². The molecule has 10 heteroatoms. The van der Waals surface area contributed by atoms with Crippen molar-refractivity contribution >= 4 is 28.6 Å². The number of hydrogen-bond donors (Lipinski definition) is 0. The molecule has 0 radical (unpaired) electrons. The normalized spacial score (nSPS) is 11.7. The topological polar surface area (TPSA) is 61.9 Å². The first-order valence-electron chi connectivity index (χ1n) is 7.90. The van der Waals surface area contributed by atoms with Gasteiger partial charge in [0.15, 0.2) is 5.65 Å². The summed E-state index contributed by atoms with van der Waals surface area (Å²) in [7, 11) is 0. The smallest absolute Gasteiger partial charge is 0.326 e. The highest BCUT2D eigenvalue weighted by Gasteiger charge is 2.42. The van der Waals surface area contributed by atoms with E-state index < -0.39 is 12.1 Å². The second kappa shape index (κ2) is 6.68. The number of para-hydroxylation sites is 1. The number of hydrogen-bond acceptors (Lipinski definition) is 4. The summed E-state index contributed by atoms with van der Waals surface area (Å²) in [4.78, 5) is 19.5. The Morgan fingerprint density at radius 2 is 1.93 bits per heavy atom. The van der Waals surface area contributed by atoms with Crippen molar-refractivity contribution in [3.8, 4) is 16.8 Å². The zero-order valence-corrected chi connectivity index (χ0v) is 14.6. The van der Waals surface area contributed by atoms with E-state index in [1.165, 1.54) is 18.5 Å². The van der Waals surface area contributed by atoms with E-state index in [-0.39, 0.29) is 5.65 Å². The maximum absolute atomic E-state index is 12.5. The quantitative estimate of drug-likeness (QED) is 0.515. The lowest BCUT2D eigenvalue weighted by Gasteiger charge is -2.08. The molecule has 0 fully saturated rings. The molecule has 0 atom stereocenters. The highest BCUT2D eigenvalue weighted by Crippen LogP contribution is 2.29. The van der Waals surface area contributed by atoms with E-state index in [0.717, 1.165) is 0 Å². The molecule has 0 saturated carbocycles. The molecule has 3 aromatic heterocycles. The number of benzene rings is 1. The van der Waals surface area contributed by atoms with Crippen molar-refractivity contribution < 1.29 is 22.8 Å². The predicted octanol–water partition coefficient (Wildman–Crippen LogP) is 4.06. The summed E-state index contributed by atoms with van der Waals surface area (Å²) in [5.74, 6) is -2.33. The molecule has 0 aliphatic heterocycles. The monoisotopic (exact) mass is 406 g/mol. The van der Waals surface area contributed by atoms with Gasteiger partial charge in [-0.05, 0) is 29.8 Å². The van der Waals surface area contributed by atoms with Crippen LogP contribution >= 0.6 is 11.6 Å². The molecular formula is C18H10ClF3N4O2. The third-order valence-electron chi connectivity index (χ3n) is 3.96. The SMILES string of the molecule is O=C(On1ccc2c(-c3cnn(-c4ccccc4Cl)c3)ccnc21)C(F)(F)F. The van der Waals surface area contributed by atoms with E-state index in [9.17, 15) is 18.0 Å². The Morgan fingerprint density at radius 1 is 1.14 bits per heavy atom. The number of alkyl halides is 3. The molecule has 0 bridgehead atoms. The molecule has 4 aromatic rings. The lowest BCUT2D eigenvalue weighted by molar-refractivity contribution is -0.199. The molecule has 0 aliphatic carbocycles. The van der Waals surface area contributed by atoms with Gasteiger partial charge in [0.25, 0.3) is 0 Å². The van der Waals surface area contributed by atoms with E-state index in [0.29, 0.717) is 32.0 Å². The number of pyridine rings is 1. The van der Waals surface area contributed by atoms with Crippen LogP contribution in [0.25, 0.3) is 27.8 Å². The number of halogens is 4. The Balaban J connectivity index is 1.73. The third kappa shape index (κ3) is 3.20. The van der Waals surface area contributed by atoms with Crippen LogP contribution in [0.4, 0.5) is 13.2 Å².